The van der Waals surface area contributed by atoms with Crippen molar-refractivity contribution in [3.05, 3.63) is 29.3 Å². The van der Waals surface area contributed by atoms with Gasteiger partial charge in [0.05, 0.1) is 0 Å². The number of halogens is 3. The average molecular weight is 337 g/mol. The normalized spacial score (nSPS) is 18.4. The molecule has 1 aliphatic rings. The number of piperazine rings is 1. The molecule has 0 unspecified atom stereocenters. The van der Waals surface area contributed by atoms with Crippen LogP contribution in [0.25, 0.3) is 0 Å². The number of likely N-dealkylation sites (N-methyl/N-ethyl adjacent to an activating group) is 1. The number of nitrogens with two attached hydrogens (primary N) is 1. The van der Waals surface area contributed by atoms with Crippen molar-refractivity contribution in [2.45, 2.75) is 17.3 Å². The van der Waals surface area contributed by atoms with E-state index in [2.05, 4.69) is 16.7 Å². The first-order valence-electron chi connectivity index (χ1n) is 6.80. The van der Waals surface area contributed by atoms with Gasteiger partial charge in [-0.1, -0.05) is 47.8 Å². The Bertz CT molecular complexity index is 451. The van der Waals surface area contributed by atoms with E-state index in [9.17, 15) is 0 Å². The van der Waals surface area contributed by atoms with Crippen LogP contribution in [0.2, 0.25) is 0 Å². The Morgan fingerprint density at radius 2 is 1.70 bits per heavy atom. The number of nitrogens with zero attached hydrogens (tertiary/aromatic N) is 2. The summed E-state index contributed by atoms with van der Waals surface area (Å²) in [5, 5.41) is 0. The van der Waals surface area contributed by atoms with Crippen LogP contribution in [0.4, 0.5) is 5.69 Å². The van der Waals surface area contributed by atoms with E-state index in [4.69, 9.17) is 40.5 Å². The van der Waals surface area contributed by atoms with Gasteiger partial charge in [0.25, 0.3) is 0 Å². The number of benzene rings is 1. The van der Waals surface area contributed by atoms with Gasteiger partial charge in [-0.15, -0.1) is 0 Å². The second-order valence-corrected chi connectivity index (χ2v) is 7.41. The predicted octanol–water partition coefficient (Wildman–Crippen LogP) is 3.23. The Morgan fingerprint density at radius 3 is 2.25 bits per heavy atom. The Hall–Kier alpha value is -0.190. The van der Waals surface area contributed by atoms with Crippen molar-refractivity contribution in [3.8, 4) is 0 Å². The van der Waals surface area contributed by atoms with E-state index in [0.29, 0.717) is 11.3 Å². The molecule has 1 aromatic carbocycles. The molecule has 112 valence electrons. The van der Waals surface area contributed by atoms with Gasteiger partial charge in [0.15, 0.2) is 0 Å². The molecule has 0 spiro atoms. The maximum absolute atomic E-state index is 6.05. The summed E-state index contributed by atoms with van der Waals surface area (Å²) in [6, 6.07) is 5.57. The van der Waals surface area contributed by atoms with Crippen molar-refractivity contribution in [1.82, 2.24) is 9.80 Å². The molecule has 0 amide bonds. The van der Waals surface area contributed by atoms with E-state index < -0.39 is 3.79 Å². The summed E-state index contributed by atoms with van der Waals surface area (Å²) in [5.74, 6) is 0. The van der Waals surface area contributed by atoms with Crippen molar-refractivity contribution >= 4 is 40.5 Å². The third kappa shape index (κ3) is 4.15. The van der Waals surface area contributed by atoms with E-state index in [-0.39, 0.29) is 0 Å². The fourth-order valence-electron chi connectivity index (χ4n) is 2.50. The highest BCUT2D eigenvalue weighted by Gasteiger charge is 2.27. The lowest BCUT2D eigenvalue weighted by atomic mass is 10.1. The zero-order valence-corrected chi connectivity index (χ0v) is 13.8. The van der Waals surface area contributed by atoms with E-state index in [0.717, 1.165) is 44.8 Å². The van der Waals surface area contributed by atoms with Crippen LogP contribution in [0, 0.1) is 0 Å². The van der Waals surface area contributed by atoms with Gasteiger partial charge in [0.1, 0.15) is 0 Å². The van der Waals surface area contributed by atoms with Crippen LogP contribution in [0.15, 0.2) is 18.2 Å². The molecule has 2 rings (SSSR count). The first kappa shape index (κ1) is 16.2. The summed E-state index contributed by atoms with van der Waals surface area (Å²) in [6.45, 7) is 8.35. The molecule has 0 atom stereocenters. The molecule has 20 heavy (non-hydrogen) atoms. The molecule has 3 nitrogen and oxygen atoms in total. The number of hydrogen-bond donors (Lipinski definition) is 1. The fourth-order valence-corrected chi connectivity index (χ4v) is 3.03. The van der Waals surface area contributed by atoms with Crippen LogP contribution in [-0.4, -0.2) is 42.5 Å². The van der Waals surface area contributed by atoms with E-state index >= 15 is 0 Å². The number of anilines is 1. The zero-order valence-electron chi connectivity index (χ0n) is 11.6. The second kappa shape index (κ2) is 6.71. The molecule has 0 aromatic heterocycles. The first-order valence-corrected chi connectivity index (χ1v) is 7.94. The molecule has 0 saturated carbocycles. The van der Waals surface area contributed by atoms with Crippen molar-refractivity contribution in [3.63, 3.8) is 0 Å². The number of nitrogen functional groups attached to an aromatic ring is 1. The maximum atomic E-state index is 6.05. The van der Waals surface area contributed by atoms with Gasteiger partial charge < -0.3 is 10.6 Å². The highest BCUT2D eigenvalue weighted by atomic mass is 35.6. The van der Waals surface area contributed by atoms with Crippen LogP contribution in [0.5, 0.6) is 0 Å². The van der Waals surface area contributed by atoms with Crippen molar-refractivity contribution in [2.24, 2.45) is 0 Å². The summed E-state index contributed by atoms with van der Waals surface area (Å²) in [4.78, 5) is 4.83. The standard InChI is InChI=1S/C14H20Cl3N3/c1-2-19-5-7-20(8-6-19)10-11-3-4-12(18)9-13(11)14(15,16)17/h3-4,9H,2,5-8,10,18H2,1H3. The lowest BCUT2D eigenvalue weighted by Gasteiger charge is -2.34. The molecule has 1 heterocycles. The van der Waals surface area contributed by atoms with Crippen molar-refractivity contribution in [1.29, 1.82) is 0 Å². The second-order valence-electron chi connectivity index (χ2n) is 5.12. The molecule has 0 aliphatic carbocycles. The summed E-state index contributed by atoms with van der Waals surface area (Å²) >= 11 is 18.1. The molecule has 2 N–H and O–H groups in total. The van der Waals surface area contributed by atoms with Gasteiger partial charge in [-0.3, -0.25) is 4.90 Å². The molecule has 0 radical (unpaired) electrons. The van der Waals surface area contributed by atoms with Crippen LogP contribution < -0.4 is 5.73 Å². The van der Waals surface area contributed by atoms with Gasteiger partial charge in [-0.05, 0) is 24.2 Å². The highest BCUT2D eigenvalue weighted by molar-refractivity contribution is 6.66. The summed E-state index contributed by atoms with van der Waals surface area (Å²) in [6.07, 6.45) is 0. The molecule has 1 fully saturated rings. The lowest BCUT2D eigenvalue weighted by molar-refractivity contribution is 0.131. The maximum Gasteiger partial charge on any atom is 0.216 e. The minimum absolute atomic E-state index is 0.617. The van der Waals surface area contributed by atoms with Crippen LogP contribution in [0.3, 0.4) is 0 Å². The van der Waals surface area contributed by atoms with E-state index in [1.54, 1.807) is 6.07 Å². The van der Waals surface area contributed by atoms with Crippen molar-refractivity contribution < 1.29 is 0 Å². The quantitative estimate of drug-likeness (QED) is 0.679. The van der Waals surface area contributed by atoms with Gasteiger partial charge in [-0.2, -0.15) is 0 Å². The molecule has 1 aromatic rings. The summed E-state index contributed by atoms with van der Waals surface area (Å²) in [5.41, 5.74) is 8.13. The lowest BCUT2D eigenvalue weighted by Crippen LogP contribution is -2.45. The van der Waals surface area contributed by atoms with E-state index in [1.807, 2.05) is 12.1 Å². The van der Waals surface area contributed by atoms with Gasteiger partial charge >= 0.3 is 0 Å². The van der Waals surface area contributed by atoms with Crippen LogP contribution >= 0.6 is 34.8 Å². The monoisotopic (exact) mass is 335 g/mol. The molecular formula is C14H20Cl3N3. The summed E-state index contributed by atoms with van der Waals surface area (Å²) < 4.78 is -1.43. The SMILES string of the molecule is CCN1CCN(Cc2ccc(N)cc2C(Cl)(Cl)Cl)CC1. The molecule has 1 aliphatic heterocycles. The average Bonchev–Trinajstić information content (AvgIpc) is 2.40. The highest BCUT2D eigenvalue weighted by Crippen LogP contribution is 2.41. The number of rotatable bonds is 3. The minimum Gasteiger partial charge on any atom is -0.399 e. The predicted molar refractivity (Wildman–Crippen MR) is 87.5 cm³/mol. The van der Waals surface area contributed by atoms with E-state index in [1.165, 1.54) is 0 Å². The van der Waals surface area contributed by atoms with Crippen LogP contribution in [-0.2, 0) is 10.3 Å². The summed E-state index contributed by atoms with van der Waals surface area (Å²) in [7, 11) is 0. The molecule has 1 saturated heterocycles. The van der Waals surface area contributed by atoms with Gasteiger partial charge in [0, 0.05) is 44.0 Å². The van der Waals surface area contributed by atoms with Crippen LogP contribution in [0.1, 0.15) is 18.1 Å². The Morgan fingerprint density at radius 1 is 1.10 bits per heavy atom. The largest absolute Gasteiger partial charge is 0.399 e. The third-order valence-electron chi connectivity index (χ3n) is 3.75. The van der Waals surface area contributed by atoms with Gasteiger partial charge in [-0.25, -0.2) is 0 Å². The van der Waals surface area contributed by atoms with Crippen molar-refractivity contribution in [2.75, 3.05) is 38.5 Å². The Labute approximate surface area is 135 Å². The molecule has 6 heteroatoms. The molecular weight excluding hydrogens is 317 g/mol. The minimum atomic E-state index is -1.43. The third-order valence-corrected chi connectivity index (χ3v) is 4.36. The van der Waals surface area contributed by atoms with Gasteiger partial charge in [0.2, 0.25) is 3.79 Å². The Balaban J connectivity index is 2.10. The first-order chi connectivity index (χ1) is 9.40. The molecule has 0 bridgehead atoms. The topological polar surface area (TPSA) is 32.5 Å². The zero-order chi connectivity index (χ0) is 14.8. The fraction of sp³-hybridized carbons (Fsp3) is 0.571. The number of hydrogen-bond acceptors (Lipinski definition) is 3. The number of alkyl halides is 3. The smallest absolute Gasteiger partial charge is 0.216 e. The Kier molecular flexibility index (Phi) is 5.43.